The van der Waals surface area contributed by atoms with E-state index in [0.717, 1.165) is 18.4 Å². The first kappa shape index (κ1) is 11.8. The van der Waals surface area contributed by atoms with Crippen LogP contribution < -0.4 is 5.32 Å². The lowest BCUT2D eigenvalue weighted by molar-refractivity contribution is -0.122. The number of amides is 1. The van der Waals surface area contributed by atoms with Crippen LogP contribution in [-0.4, -0.2) is 26.5 Å². The van der Waals surface area contributed by atoms with E-state index in [1.54, 1.807) is 0 Å². The fraction of sp³-hybridized carbons (Fsp3) is 0.385. The Labute approximate surface area is 110 Å². The van der Waals surface area contributed by atoms with Gasteiger partial charge in [-0.2, -0.15) is 5.21 Å². The molecule has 6 nitrogen and oxygen atoms in total. The lowest BCUT2D eigenvalue weighted by Crippen LogP contribution is -2.30. The van der Waals surface area contributed by atoms with Gasteiger partial charge in [0.05, 0.1) is 0 Å². The summed E-state index contributed by atoms with van der Waals surface area (Å²) in [5.41, 5.74) is 0.952. The van der Waals surface area contributed by atoms with Crippen molar-refractivity contribution in [3.8, 4) is 0 Å². The van der Waals surface area contributed by atoms with Gasteiger partial charge in [-0.25, -0.2) is 0 Å². The standard InChI is InChI=1S/C13H15N5O/c19-11(8-9-6-7-9)14-12(13-15-17-18-16-13)10-4-2-1-3-5-10/h1-5,9,12H,6-8H2,(H,14,19)(H,15,16,17,18). The van der Waals surface area contributed by atoms with Gasteiger partial charge in [-0.3, -0.25) is 4.79 Å². The van der Waals surface area contributed by atoms with Crippen LogP contribution in [0.4, 0.5) is 0 Å². The van der Waals surface area contributed by atoms with Crippen LogP contribution in [0.2, 0.25) is 0 Å². The Morgan fingerprint density at radius 1 is 1.37 bits per heavy atom. The van der Waals surface area contributed by atoms with Crippen molar-refractivity contribution in [2.24, 2.45) is 5.92 Å². The normalized spacial score (nSPS) is 16.0. The fourth-order valence-electron chi connectivity index (χ4n) is 2.04. The number of carbonyl (C=O) groups excluding carboxylic acids is 1. The predicted octanol–water partition coefficient (Wildman–Crippen LogP) is 1.21. The van der Waals surface area contributed by atoms with Gasteiger partial charge in [0.15, 0.2) is 0 Å². The minimum atomic E-state index is -0.341. The second-order valence-electron chi connectivity index (χ2n) is 4.83. The van der Waals surface area contributed by atoms with Crippen LogP contribution in [0.1, 0.15) is 36.7 Å². The van der Waals surface area contributed by atoms with Crippen molar-refractivity contribution in [1.29, 1.82) is 0 Å². The highest BCUT2D eigenvalue weighted by Crippen LogP contribution is 2.32. The quantitative estimate of drug-likeness (QED) is 0.843. The van der Waals surface area contributed by atoms with E-state index < -0.39 is 0 Å². The van der Waals surface area contributed by atoms with Gasteiger partial charge in [-0.15, -0.1) is 10.2 Å². The molecule has 3 rings (SSSR count). The number of aromatic amines is 1. The monoisotopic (exact) mass is 257 g/mol. The summed E-state index contributed by atoms with van der Waals surface area (Å²) in [6.07, 6.45) is 2.90. The van der Waals surface area contributed by atoms with Crippen LogP contribution in [0.3, 0.4) is 0 Å². The molecule has 98 valence electrons. The van der Waals surface area contributed by atoms with Crippen LogP contribution in [0.15, 0.2) is 30.3 Å². The zero-order valence-corrected chi connectivity index (χ0v) is 10.4. The summed E-state index contributed by atoms with van der Waals surface area (Å²) < 4.78 is 0. The number of aromatic nitrogens is 4. The van der Waals surface area contributed by atoms with E-state index in [4.69, 9.17) is 0 Å². The smallest absolute Gasteiger partial charge is 0.221 e. The van der Waals surface area contributed by atoms with Gasteiger partial charge in [-0.1, -0.05) is 35.5 Å². The van der Waals surface area contributed by atoms with Gasteiger partial charge in [0, 0.05) is 6.42 Å². The van der Waals surface area contributed by atoms with E-state index >= 15 is 0 Å². The molecule has 1 saturated carbocycles. The average molecular weight is 257 g/mol. The molecular formula is C13H15N5O. The SMILES string of the molecule is O=C(CC1CC1)NC(c1ccccc1)c1nn[nH]n1. The molecule has 1 aromatic heterocycles. The first-order valence-electron chi connectivity index (χ1n) is 6.40. The summed E-state index contributed by atoms with van der Waals surface area (Å²) in [6.45, 7) is 0. The summed E-state index contributed by atoms with van der Waals surface area (Å²) in [4.78, 5) is 12.0. The maximum Gasteiger partial charge on any atom is 0.221 e. The summed E-state index contributed by atoms with van der Waals surface area (Å²) >= 11 is 0. The summed E-state index contributed by atoms with van der Waals surface area (Å²) in [5.74, 6) is 1.08. The van der Waals surface area contributed by atoms with Crippen molar-refractivity contribution >= 4 is 5.91 Å². The number of nitrogens with one attached hydrogen (secondary N) is 2. The highest BCUT2D eigenvalue weighted by molar-refractivity contribution is 5.77. The molecule has 2 N–H and O–H groups in total. The fourth-order valence-corrected chi connectivity index (χ4v) is 2.04. The average Bonchev–Trinajstić information content (AvgIpc) is 3.08. The maximum absolute atomic E-state index is 12.0. The second-order valence-corrected chi connectivity index (χ2v) is 4.83. The van der Waals surface area contributed by atoms with Crippen molar-refractivity contribution in [3.05, 3.63) is 41.7 Å². The first-order chi connectivity index (χ1) is 9.33. The third kappa shape index (κ3) is 2.96. The number of hydrogen-bond acceptors (Lipinski definition) is 4. The topological polar surface area (TPSA) is 83.6 Å². The molecule has 0 aliphatic heterocycles. The Balaban J connectivity index is 1.78. The number of H-pyrrole nitrogens is 1. The molecule has 1 atom stereocenters. The van der Waals surface area contributed by atoms with E-state index in [9.17, 15) is 4.79 Å². The van der Waals surface area contributed by atoms with Crippen molar-refractivity contribution in [1.82, 2.24) is 25.9 Å². The van der Waals surface area contributed by atoms with Gasteiger partial charge in [0.1, 0.15) is 6.04 Å². The zero-order chi connectivity index (χ0) is 13.1. The van der Waals surface area contributed by atoms with Gasteiger partial charge in [0.2, 0.25) is 11.7 Å². The third-order valence-electron chi connectivity index (χ3n) is 3.23. The van der Waals surface area contributed by atoms with E-state index in [1.807, 2.05) is 30.3 Å². The molecule has 2 aromatic rings. The number of hydrogen-bond donors (Lipinski definition) is 2. The molecule has 19 heavy (non-hydrogen) atoms. The molecule has 1 aliphatic carbocycles. The highest BCUT2D eigenvalue weighted by atomic mass is 16.1. The number of benzene rings is 1. The molecule has 0 spiro atoms. The number of carbonyl (C=O) groups is 1. The minimum absolute atomic E-state index is 0.0427. The van der Waals surface area contributed by atoms with Crippen molar-refractivity contribution in [3.63, 3.8) is 0 Å². The van der Waals surface area contributed by atoms with E-state index in [-0.39, 0.29) is 11.9 Å². The Morgan fingerprint density at radius 2 is 2.16 bits per heavy atom. The molecule has 1 unspecified atom stereocenters. The Kier molecular flexibility index (Phi) is 3.22. The van der Waals surface area contributed by atoms with Crippen LogP contribution in [0.25, 0.3) is 0 Å². The van der Waals surface area contributed by atoms with Gasteiger partial charge >= 0.3 is 0 Å². The summed E-state index contributed by atoms with van der Waals surface area (Å²) in [6, 6.07) is 9.33. The van der Waals surface area contributed by atoms with E-state index in [1.165, 1.54) is 0 Å². The van der Waals surface area contributed by atoms with Crippen LogP contribution in [0, 0.1) is 5.92 Å². The Hall–Kier alpha value is -2.24. The Bertz CT molecular complexity index is 535. The van der Waals surface area contributed by atoms with Crippen LogP contribution in [-0.2, 0) is 4.79 Å². The second kappa shape index (κ2) is 5.17. The first-order valence-corrected chi connectivity index (χ1v) is 6.40. The molecule has 1 heterocycles. The lowest BCUT2D eigenvalue weighted by atomic mass is 10.1. The Morgan fingerprint density at radius 3 is 2.79 bits per heavy atom. The largest absolute Gasteiger partial charge is 0.342 e. The minimum Gasteiger partial charge on any atom is -0.342 e. The molecule has 0 bridgehead atoms. The molecule has 1 aromatic carbocycles. The number of tetrazole rings is 1. The maximum atomic E-state index is 12.0. The van der Waals surface area contributed by atoms with Gasteiger partial charge in [0.25, 0.3) is 0 Å². The lowest BCUT2D eigenvalue weighted by Gasteiger charge is -2.15. The molecule has 6 heteroatoms. The van der Waals surface area contributed by atoms with E-state index in [0.29, 0.717) is 18.2 Å². The molecule has 1 amide bonds. The molecule has 0 radical (unpaired) electrons. The molecule has 1 fully saturated rings. The zero-order valence-electron chi connectivity index (χ0n) is 10.4. The molecular weight excluding hydrogens is 242 g/mol. The predicted molar refractivity (Wildman–Crippen MR) is 67.9 cm³/mol. The summed E-state index contributed by atoms with van der Waals surface area (Å²) in [5, 5.41) is 16.9. The number of nitrogens with zero attached hydrogens (tertiary/aromatic N) is 3. The van der Waals surface area contributed by atoms with Crippen molar-refractivity contribution < 1.29 is 4.79 Å². The highest BCUT2D eigenvalue weighted by Gasteiger charge is 2.27. The third-order valence-corrected chi connectivity index (χ3v) is 3.23. The van der Waals surface area contributed by atoms with Crippen LogP contribution >= 0.6 is 0 Å². The molecule has 0 saturated heterocycles. The van der Waals surface area contributed by atoms with E-state index in [2.05, 4.69) is 25.9 Å². The number of rotatable bonds is 5. The summed E-state index contributed by atoms with van der Waals surface area (Å²) in [7, 11) is 0. The van der Waals surface area contributed by atoms with Crippen molar-refractivity contribution in [2.45, 2.75) is 25.3 Å². The van der Waals surface area contributed by atoms with Gasteiger partial charge < -0.3 is 5.32 Å². The van der Waals surface area contributed by atoms with Crippen LogP contribution in [0.5, 0.6) is 0 Å². The van der Waals surface area contributed by atoms with Crippen molar-refractivity contribution in [2.75, 3.05) is 0 Å². The van der Waals surface area contributed by atoms with Gasteiger partial charge in [-0.05, 0) is 24.3 Å². The molecule has 1 aliphatic rings.